The van der Waals surface area contributed by atoms with E-state index in [1.54, 1.807) is 0 Å². The lowest BCUT2D eigenvalue weighted by Crippen LogP contribution is -2.37. The molecule has 0 aliphatic rings. The van der Waals surface area contributed by atoms with E-state index in [-0.39, 0.29) is 11.9 Å². The highest BCUT2D eigenvalue weighted by atomic mass is 16.2. The minimum absolute atomic E-state index is 0.0415. The SMILES string of the molecule is CCNC(=O)C(C)Nc1ncnc2ccccc12. The van der Waals surface area contributed by atoms with Crippen molar-refractivity contribution in [3.05, 3.63) is 30.6 Å². The van der Waals surface area contributed by atoms with Gasteiger partial charge < -0.3 is 10.6 Å². The fourth-order valence-electron chi connectivity index (χ4n) is 1.72. The summed E-state index contributed by atoms with van der Waals surface area (Å²) in [6.45, 7) is 4.32. The first-order valence-electron chi connectivity index (χ1n) is 5.96. The van der Waals surface area contributed by atoms with Crippen molar-refractivity contribution in [3.63, 3.8) is 0 Å². The van der Waals surface area contributed by atoms with Crippen molar-refractivity contribution in [1.29, 1.82) is 0 Å². The Hall–Kier alpha value is -2.17. The highest BCUT2D eigenvalue weighted by Crippen LogP contribution is 2.18. The number of hydrogen-bond acceptors (Lipinski definition) is 4. The van der Waals surface area contributed by atoms with Gasteiger partial charge in [0.2, 0.25) is 5.91 Å². The summed E-state index contributed by atoms with van der Waals surface area (Å²) in [4.78, 5) is 20.0. The number of benzene rings is 1. The zero-order valence-electron chi connectivity index (χ0n) is 10.5. The largest absolute Gasteiger partial charge is 0.358 e. The number of carbonyl (C=O) groups is 1. The molecule has 0 aliphatic carbocycles. The van der Waals surface area contributed by atoms with Crippen molar-refractivity contribution in [3.8, 4) is 0 Å². The zero-order chi connectivity index (χ0) is 13.0. The molecule has 1 aromatic carbocycles. The van der Waals surface area contributed by atoms with Gasteiger partial charge in [0.1, 0.15) is 18.2 Å². The van der Waals surface area contributed by atoms with E-state index in [2.05, 4.69) is 20.6 Å². The fraction of sp³-hybridized carbons (Fsp3) is 0.308. The summed E-state index contributed by atoms with van der Waals surface area (Å²) in [5.74, 6) is 0.638. The number of nitrogens with one attached hydrogen (secondary N) is 2. The normalized spacial score (nSPS) is 12.1. The molecule has 0 fully saturated rings. The summed E-state index contributed by atoms with van der Waals surface area (Å²) >= 11 is 0. The van der Waals surface area contributed by atoms with Crippen LogP contribution in [0.15, 0.2) is 30.6 Å². The number of fused-ring (bicyclic) bond motifs is 1. The Morgan fingerprint density at radius 2 is 2.11 bits per heavy atom. The fourth-order valence-corrected chi connectivity index (χ4v) is 1.72. The van der Waals surface area contributed by atoms with Gasteiger partial charge in [0.15, 0.2) is 0 Å². The van der Waals surface area contributed by atoms with Crippen LogP contribution in [0.25, 0.3) is 10.9 Å². The van der Waals surface area contributed by atoms with Gasteiger partial charge in [0, 0.05) is 11.9 Å². The molecule has 1 amide bonds. The Kier molecular flexibility index (Phi) is 3.72. The van der Waals surface area contributed by atoms with E-state index in [1.807, 2.05) is 38.1 Å². The average Bonchev–Trinajstić information content (AvgIpc) is 2.39. The van der Waals surface area contributed by atoms with Gasteiger partial charge in [-0.05, 0) is 26.0 Å². The summed E-state index contributed by atoms with van der Waals surface area (Å²) in [7, 11) is 0. The monoisotopic (exact) mass is 244 g/mol. The topological polar surface area (TPSA) is 66.9 Å². The van der Waals surface area contributed by atoms with Gasteiger partial charge in [0.05, 0.1) is 5.52 Å². The molecule has 1 atom stereocenters. The molecule has 0 bridgehead atoms. The Balaban J connectivity index is 2.24. The molecule has 2 N–H and O–H groups in total. The Morgan fingerprint density at radius 1 is 1.33 bits per heavy atom. The van der Waals surface area contributed by atoms with Crippen LogP contribution in [-0.2, 0) is 4.79 Å². The second kappa shape index (κ2) is 5.44. The second-order valence-corrected chi connectivity index (χ2v) is 4.00. The van der Waals surface area contributed by atoms with Crippen molar-refractivity contribution < 1.29 is 4.79 Å². The molecule has 0 radical (unpaired) electrons. The third-order valence-corrected chi connectivity index (χ3v) is 2.64. The number of para-hydroxylation sites is 1. The quantitative estimate of drug-likeness (QED) is 0.856. The number of nitrogens with zero attached hydrogens (tertiary/aromatic N) is 2. The first kappa shape index (κ1) is 12.3. The molecule has 18 heavy (non-hydrogen) atoms. The van der Waals surface area contributed by atoms with E-state index in [9.17, 15) is 4.79 Å². The van der Waals surface area contributed by atoms with E-state index in [0.717, 1.165) is 10.9 Å². The van der Waals surface area contributed by atoms with Crippen LogP contribution >= 0.6 is 0 Å². The van der Waals surface area contributed by atoms with Crippen LogP contribution in [0.4, 0.5) is 5.82 Å². The van der Waals surface area contributed by atoms with E-state index < -0.39 is 0 Å². The maximum absolute atomic E-state index is 11.7. The summed E-state index contributed by atoms with van der Waals surface area (Å²) in [5, 5.41) is 6.79. The zero-order valence-corrected chi connectivity index (χ0v) is 10.5. The molecular formula is C13H16N4O. The maximum Gasteiger partial charge on any atom is 0.242 e. The predicted molar refractivity (Wildman–Crippen MR) is 71.3 cm³/mol. The van der Waals surface area contributed by atoms with Gasteiger partial charge in [-0.3, -0.25) is 4.79 Å². The number of amides is 1. The van der Waals surface area contributed by atoms with Crippen LogP contribution in [0.5, 0.6) is 0 Å². The molecule has 1 aromatic heterocycles. The van der Waals surface area contributed by atoms with E-state index in [1.165, 1.54) is 6.33 Å². The molecular weight excluding hydrogens is 228 g/mol. The number of aromatic nitrogens is 2. The lowest BCUT2D eigenvalue weighted by Gasteiger charge is -2.14. The van der Waals surface area contributed by atoms with Crippen LogP contribution in [0, 0.1) is 0 Å². The minimum atomic E-state index is -0.330. The van der Waals surface area contributed by atoms with Gasteiger partial charge in [0.25, 0.3) is 0 Å². The highest BCUT2D eigenvalue weighted by Gasteiger charge is 2.13. The van der Waals surface area contributed by atoms with Crippen molar-refractivity contribution in [2.75, 3.05) is 11.9 Å². The number of anilines is 1. The molecule has 1 unspecified atom stereocenters. The third-order valence-electron chi connectivity index (χ3n) is 2.64. The predicted octanol–water partition coefficient (Wildman–Crippen LogP) is 1.57. The van der Waals surface area contributed by atoms with Crippen molar-refractivity contribution in [2.24, 2.45) is 0 Å². The summed E-state index contributed by atoms with van der Waals surface area (Å²) in [6.07, 6.45) is 1.50. The molecule has 0 spiro atoms. The molecule has 5 heteroatoms. The Bertz CT molecular complexity index is 550. The molecule has 0 aliphatic heterocycles. The number of hydrogen-bond donors (Lipinski definition) is 2. The minimum Gasteiger partial charge on any atom is -0.358 e. The van der Waals surface area contributed by atoms with Gasteiger partial charge in [-0.15, -0.1) is 0 Å². The van der Waals surface area contributed by atoms with Crippen LogP contribution < -0.4 is 10.6 Å². The smallest absolute Gasteiger partial charge is 0.242 e. The molecule has 0 saturated heterocycles. The van der Waals surface area contributed by atoms with Gasteiger partial charge in [-0.25, -0.2) is 9.97 Å². The summed E-state index contributed by atoms with van der Waals surface area (Å²) in [6, 6.07) is 7.37. The van der Waals surface area contributed by atoms with Gasteiger partial charge in [-0.2, -0.15) is 0 Å². The first-order valence-corrected chi connectivity index (χ1v) is 5.96. The highest BCUT2D eigenvalue weighted by molar-refractivity contribution is 5.91. The van der Waals surface area contributed by atoms with Crippen LogP contribution in [0.1, 0.15) is 13.8 Å². The summed E-state index contributed by atoms with van der Waals surface area (Å²) < 4.78 is 0. The van der Waals surface area contributed by atoms with Crippen molar-refractivity contribution in [2.45, 2.75) is 19.9 Å². The molecule has 1 heterocycles. The van der Waals surface area contributed by atoms with Crippen LogP contribution in [0.2, 0.25) is 0 Å². The van der Waals surface area contributed by atoms with Gasteiger partial charge >= 0.3 is 0 Å². The van der Waals surface area contributed by atoms with E-state index in [4.69, 9.17) is 0 Å². The molecule has 0 saturated carbocycles. The van der Waals surface area contributed by atoms with Crippen LogP contribution in [0.3, 0.4) is 0 Å². The first-order chi connectivity index (χ1) is 8.72. The lowest BCUT2D eigenvalue weighted by atomic mass is 10.2. The maximum atomic E-state index is 11.7. The number of likely N-dealkylation sites (N-methyl/N-ethyl adjacent to an activating group) is 1. The number of rotatable bonds is 4. The second-order valence-electron chi connectivity index (χ2n) is 4.00. The Labute approximate surface area is 106 Å². The Morgan fingerprint density at radius 3 is 2.89 bits per heavy atom. The van der Waals surface area contributed by atoms with Crippen LogP contribution in [-0.4, -0.2) is 28.5 Å². The molecule has 2 rings (SSSR count). The summed E-state index contributed by atoms with van der Waals surface area (Å²) in [5.41, 5.74) is 0.859. The van der Waals surface area contributed by atoms with Crippen molar-refractivity contribution >= 4 is 22.6 Å². The standard InChI is InChI=1S/C13H16N4O/c1-3-14-13(18)9(2)17-12-10-6-4-5-7-11(10)15-8-16-12/h4-9H,3H2,1-2H3,(H,14,18)(H,15,16,17). The van der Waals surface area contributed by atoms with Gasteiger partial charge in [-0.1, -0.05) is 12.1 Å². The molecule has 94 valence electrons. The van der Waals surface area contributed by atoms with E-state index >= 15 is 0 Å². The van der Waals surface area contributed by atoms with E-state index in [0.29, 0.717) is 12.4 Å². The lowest BCUT2D eigenvalue weighted by molar-refractivity contribution is -0.121. The molecule has 2 aromatic rings. The van der Waals surface area contributed by atoms with Crippen molar-refractivity contribution in [1.82, 2.24) is 15.3 Å². The third kappa shape index (κ3) is 2.56. The average molecular weight is 244 g/mol. The number of carbonyl (C=O) groups excluding carboxylic acids is 1. The molecule has 5 nitrogen and oxygen atoms in total.